The van der Waals surface area contributed by atoms with Gasteiger partial charge in [0.05, 0.1) is 11.1 Å². The smallest absolute Gasteiger partial charge is 0.242 e. The molecule has 1 fully saturated rings. The molecular weight excluding hydrogens is 384 g/mol. The molecule has 0 saturated heterocycles. The molecule has 1 aliphatic rings. The summed E-state index contributed by atoms with van der Waals surface area (Å²) in [6, 6.07) is 6.11. The van der Waals surface area contributed by atoms with E-state index in [4.69, 9.17) is 16.6 Å². The first-order chi connectivity index (χ1) is 12.8. The molecule has 0 bridgehead atoms. The SMILES string of the molecule is CC=NC(=NC1CCCCC1)N[C@@H](C)C(C)NS(=O)(=O)c1ccccc1Cl. The molecule has 150 valence electrons. The molecule has 27 heavy (non-hydrogen) atoms. The number of sulfonamides is 1. The highest BCUT2D eigenvalue weighted by Crippen LogP contribution is 2.21. The zero-order valence-electron chi connectivity index (χ0n) is 16.2. The average Bonchev–Trinajstić information content (AvgIpc) is 2.62. The lowest BCUT2D eigenvalue weighted by Gasteiger charge is -2.24. The van der Waals surface area contributed by atoms with Gasteiger partial charge in [0, 0.05) is 18.3 Å². The van der Waals surface area contributed by atoms with Gasteiger partial charge in [0.1, 0.15) is 4.90 Å². The minimum atomic E-state index is -3.71. The van der Waals surface area contributed by atoms with E-state index in [2.05, 4.69) is 15.0 Å². The van der Waals surface area contributed by atoms with Crippen molar-refractivity contribution in [3.05, 3.63) is 29.3 Å². The number of aliphatic imine (C=N–C) groups is 2. The van der Waals surface area contributed by atoms with Gasteiger partial charge in [-0.2, -0.15) is 0 Å². The van der Waals surface area contributed by atoms with Gasteiger partial charge < -0.3 is 5.32 Å². The third-order valence-corrected chi connectivity index (χ3v) is 6.76. The Morgan fingerprint density at radius 3 is 2.48 bits per heavy atom. The lowest BCUT2D eigenvalue weighted by Crippen LogP contribution is -2.48. The summed E-state index contributed by atoms with van der Waals surface area (Å²) in [4.78, 5) is 9.13. The Morgan fingerprint density at radius 1 is 1.19 bits per heavy atom. The maximum atomic E-state index is 12.6. The van der Waals surface area contributed by atoms with Gasteiger partial charge >= 0.3 is 0 Å². The second-order valence-electron chi connectivity index (χ2n) is 6.91. The molecule has 2 N–H and O–H groups in total. The summed E-state index contributed by atoms with van der Waals surface area (Å²) in [6.45, 7) is 5.55. The fourth-order valence-corrected chi connectivity index (χ4v) is 4.86. The van der Waals surface area contributed by atoms with Crippen LogP contribution < -0.4 is 10.0 Å². The van der Waals surface area contributed by atoms with Gasteiger partial charge in [-0.05, 0) is 45.7 Å². The van der Waals surface area contributed by atoms with E-state index in [0.717, 1.165) is 12.8 Å². The van der Waals surface area contributed by atoms with Crippen molar-refractivity contribution in [2.45, 2.75) is 75.9 Å². The maximum absolute atomic E-state index is 12.6. The van der Waals surface area contributed by atoms with Crippen LogP contribution in [-0.2, 0) is 10.0 Å². The van der Waals surface area contributed by atoms with Crippen LogP contribution in [-0.4, -0.2) is 38.7 Å². The minimum absolute atomic E-state index is 0.0772. The van der Waals surface area contributed by atoms with Gasteiger partial charge in [0.2, 0.25) is 16.0 Å². The van der Waals surface area contributed by atoms with E-state index in [1.54, 1.807) is 31.3 Å². The van der Waals surface area contributed by atoms with Crippen LogP contribution in [0.1, 0.15) is 52.9 Å². The maximum Gasteiger partial charge on any atom is 0.242 e. The predicted octanol–water partition coefficient (Wildman–Crippen LogP) is 3.76. The Kier molecular flexibility index (Phi) is 8.26. The van der Waals surface area contributed by atoms with E-state index in [1.807, 2.05) is 13.8 Å². The van der Waals surface area contributed by atoms with Gasteiger partial charge in [0.15, 0.2) is 0 Å². The Bertz CT molecular complexity index is 774. The summed E-state index contributed by atoms with van der Waals surface area (Å²) in [5.41, 5.74) is 0. The highest BCUT2D eigenvalue weighted by molar-refractivity contribution is 7.89. The van der Waals surface area contributed by atoms with Crippen LogP contribution in [0.15, 0.2) is 39.1 Å². The number of nitrogens with zero attached hydrogens (tertiary/aromatic N) is 2. The van der Waals surface area contributed by atoms with Crippen LogP contribution in [0.5, 0.6) is 0 Å². The molecule has 1 aromatic carbocycles. The molecule has 1 saturated carbocycles. The second-order valence-corrected chi connectivity index (χ2v) is 8.99. The van der Waals surface area contributed by atoms with Gasteiger partial charge in [-0.15, -0.1) is 0 Å². The number of hydrogen-bond acceptors (Lipinski definition) is 3. The molecule has 1 aliphatic carbocycles. The summed E-state index contributed by atoms with van der Waals surface area (Å²) in [5, 5.41) is 3.45. The van der Waals surface area contributed by atoms with E-state index in [1.165, 1.54) is 25.3 Å². The predicted molar refractivity (Wildman–Crippen MR) is 112 cm³/mol. The fourth-order valence-electron chi connectivity index (χ4n) is 3.01. The molecule has 6 nitrogen and oxygen atoms in total. The summed E-state index contributed by atoms with van der Waals surface area (Å²) >= 11 is 6.03. The van der Waals surface area contributed by atoms with Crippen LogP contribution in [0, 0.1) is 0 Å². The molecular formula is C19H29ClN4O2S. The summed E-state index contributed by atoms with van der Waals surface area (Å²) in [5.74, 6) is 0.556. The van der Waals surface area contributed by atoms with Crippen LogP contribution >= 0.6 is 11.6 Å². The average molecular weight is 413 g/mol. The Labute approximate surface area is 167 Å². The molecule has 0 aliphatic heterocycles. The van der Waals surface area contributed by atoms with Crippen LogP contribution in [0.25, 0.3) is 0 Å². The van der Waals surface area contributed by atoms with E-state index < -0.39 is 10.0 Å². The molecule has 2 atom stereocenters. The van der Waals surface area contributed by atoms with Gasteiger partial charge in [-0.3, -0.25) is 0 Å². The van der Waals surface area contributed by atoms with E-state index in [-0.39, 0.29) is 28.0 Å². The zero-order chi connectivity index (χ0) is 19.9. The second kappa shape index (κ2) is 10.2. The third kappa shape index (κ3) is 6.59. The number of halogens is 1. The highest BCUT2D eigenvalue weighted by Gasteiger charge is 2.24. The van der Waals surface area contributed by atoms with Crippen LogP contribution in [0.2, 0.25) is 5.02 Å². The van der Waals surface area contributed by atoms with Crippen molar-refractivity contribution in [1.82, 2.24) is 10.0 Å². The van der Waals surface area contributed by atoms with Gasteiger partial charge in [0.25, 0.3) is 0 Å². The number of guanidine groups is 1. The quantitative estimate of drug-likeness (QED) is 0.551. The highest BCUT2D eigenvalue weighted by atomic mass is 35.5. The molecule has 1 aromatic rings. The van der Waals surface area contributed by atoms with Crippen molar-refractivity contribution in [3.63, 3.8) is 0 Å². The molecule has 2 rings (SSSR count). The van der Waals surface area contributed by atoms with Crippen molar-refractivity contribution >= 4 is 33.8 Å². The van der Waals surface area contributed by atoms with Crippen molar-refractivity contribution < 1.29 is 8.42 Å². The van der Waals surface area contributed by atoms with Gasteiger partial charge in [-0.25, -0.2) is 23.1 Å². The summed E-state index contributed by atoms with van der Waals surface area (Å²) < 4.78 is 27.9. The lowest BCUT2D eigenvalue weighted by atomic mass is 9.96. The summed E-state index contributed by atoms with van der Waals surface area (Å²) in [7, 11) is -3.71. The monoisotopic (exact) mass is 412 g/mol. The standard InChI is InChI=1S/C19H29ClN4O2S/c1-4-21-19(23-16-10-6-5-7-11-16)22-14(2)15(3)24-27(25,26)18-13-9-8-12-17(18)20/h4,8-9,12-16,24H,5-7,10-11H2,1-3H3,(H,22,23)/t14-,15?/m0/s1. The first kappa shape index (κ1) is 21.9. The van der Waals surface area contributed by atoms with Crippen molar-refractivity contribution in [1.29, 1.82) is 0 Å². The lowest BCUT2D eigenvalue weighted by molar-refractivity contribution is 0.439. The molecule has 0 aromatic heterocycles. The first-order valence-electron chi connectivity index (χ1n) is 9.43. The zero-order valence-corrected chi connectivity index (χ0v) is 17.7. The normalized spacial score (nSPS) is 19.2. The minimum Gasteiger partial charge on any atom is -0.350 e. The molecule has 0 amide bonds. The number of rotatable bonds is 6. The Hall–Kier alpha value is -1.44. The van der Waals surface area contributed by atoms with Gasteiger partial charge in [-0.1, -0.05) is 43.0 Å². The molecule has 0 spiro atoms. The summed E-state index contributed by atoms with van der Waals surface area (Å²) in [6.07, 6.45) is 7.51. The number of nitrogens with one attached hydrogen (secondary N) is 2. The first-order valence-corrected chi connectivity index (χ1v) is 11.3. The van der Waals surface area contributed by atoms with Crippen molar-refractivity contribution in [3.8, 4) is 0 Å². The largest absolute Gasteiger partial charge is 0.350 e. The van der Waals surface area contributed by atoms with E-state index in [9.17, 15) is 8.42 Å². The van der Waals surface area contributed by atoms with Crippen LogP contribution in [0.3, 0.4) is 0 Å². The Balaban J connectivity index is 2.05. The van der Waals surface area contributed by atoms with E-state index >= 15 is 0 Å². The third-order valence-electron chi connectivity index (χ3n) is 4.70. The van der Waals surface area contributed by atoms with Crippen molar-refractivity contribution in [2.75, 3.05) is 0 Å². The number of benzene rings is 1. The molecule has 0 heterocycles. The Morgan fingerprint density at radius 2 is 1.85 bits per heavy atom. The van der Waals surface area contributed by atoms with E-state index in [0.29, 0.717) is 5.96 Å². The topological polar surface area (TPSA) is 82.9 Å². The number of hydrogen-bond donors (Lipinski definition) is 2. The van der Waals surface area contributed by atoms with Crippen molar-refractivity contribution in [2.24, 2.45) is 9.98 Å². The molecule has 0 radical (unpaired) electrons. The van der Waals surface area contributed by atoms with Crippen LogP contribution in [0.4, 0.5) is 0 Å². The fraction of sp³-hybridized carbons (Fsp3) is 0.579. The molecule has 1 unspecified atom stereocenters. The molecule has 8 heteroatoms.